The quantitative estimate of drug-likeness (QED) is 0.499. The molecule has 172 valence electrons. The lowest BCUT2D eigenvalue weighted by Gasteiger charge is -2.31. The van der Waals surface area contributed by atoms with Gasteiger partial charge in [0.05, 0.1) is 24.2 Å². The SMILES string of the molecule is COC(=O)C1=C(C)NC(C)=C(C(=O)OCC=Cc2ccccc2)C1c1cccc2ccccc12. The van der Waals surface area contributed by atoms with Gasteiger partial charge in [-0.05, 0) is 41.8 Å². The normalized spacial score (nSPS) is 16.0. The highest BCUT2D eigenvalue weighted by Gasteiger charge is 2.38. The summed E-state index contributed by atoms with van der Waals surface area (Å²) < 4.78 is 10.7. The summed E-state index contributed by atoms with van der Waals surface area (Å²) in [6.07, 6.45) is 3.70. The first kappa shape index (κ1) is 23.1. The summed E-state index contributed by atoms with van der Waals surface area (Å²) in [5, 5.41) is 5.17. The van der Waals surface area contributed by atoms with Crippen molar-refractivity contribution in [3.63, 3.8) is 0 Å². The van der Waals surface area contributed by atoms with E-state index in [1.165, 1.54) is 7.11 Å². The summed E-state index contributed by atoms with van der Waals surface area (Å²) in [4.78, 5) is 26.3. The average Bonchev–Trinajstić information content (AvgIpc) is 2.86. The van der Waals surface area contributed by atoms with Crippen LogP contribution >= 0.6 is 0 Å². The third-order valence-corrected chi connectivity index (χ3v) is 5.94. The first-order chi connectivity index (χ1) is 16.5. The van der Waals surface area contributed by atoms with Crippen molar-refractivity contribution in [2.75, 3.05) is 13.7 Å². The lowest BCUT2D eigenvalue weighted by atomic mass is 9.78. The standard InChI is InChI=1S/C29H27NO4/c1-19-25(28(31)33-3)27(24-17-9-15-22-14-7-8-16-23(22)24)26(20(2)30-19)29(32)34-18-10-13-21-11-5-4-6-12-21/h4-17,27,30H,18H2,1-3H3. The molecule has 0 aliphatic carbocycles. The summed E-state index contributed by atoms with van der Waals surface area (Å²) in [6, 6.07) is 23.6. The third-order valence-electron chi connectivity index (χ3n) is 5.94. The maximum absolute atomic E-state index is 13.4. The molecule has 1 unspecified atom stereocenters. The smallest absolute Gasteiger partial charge is 0.337 e. The number of nitrogens with one attached hydrogen (secondary N) is 1. The van der Waals surface area contributed by atoms with Crippen molar-refractivity contribution in [3.8, 4) is 0 Å². The number of carbonyl (C=O) groups is 2. The van der Waals surface area contributed by atoms with Crippen molar-refractivity contribution in [2.45, 2.75) is 19.8 Å². The van der Waals surface area contributed by atoms with E-state index in [1.807, 2.05) is 92.7 Å². The first-order valence-electron chi connectivity index (χ1n) is 11.1. The Hall–Kier alpha value is -4.12. The molecule has 1 N–H and O–H groups in total. The van der Waals surface area contributed by atoms with Gasteiger partial charge in [-0.25, -0.2) is 9.59 Å². The fourth-order valence-corrected chi connectivity index (χ4v) is 4.41. The molecule has 0 radical (unpaired) electrons. The van der Waals surface area contributed by atoms with Crippen LogP contribution in [0.25, 0.3) is 16.8 Å². The second kappa shape index (κ2) is 10.2. The number of dihydropyridines is 1. The second-order valence-electron chi connectivity index (χ2n) is 8.11. The van der Waals surface area contributed by atoms with Crippen LogP contribution in [0.4, 0.5) is 0 Å². The second-order valence-corrected chi connectivity index (χ2v) is 8.11. The Kier molecular flexibility index (Phi) is 6.93. The zero-order valence-corrected chi connectivity index (χ0v) is 19.5. The van der Waals surface area contributed by atoms with Gasteiger partial charge in [-0.3, -0.25) is 0 Å². The van der Waals surface area contributed by atoms with Gasteiger partial charge in [-0.1, -0.05) is 78.9 Å². The Morgan fingerprint density at radius 1 is 0.853 bits per heavy atom. The molecule has 34 heavy (non-hydrogen) atoms. The molecule has 0 aromatic heterocycles. The molecule has 5 heteroatoms. The number of hydrogen-bond donors (Lipinski definition) is 1. The fourth-order valence-electron chi connectivity index (χ4n) is 4.41. The van der Waals surface area contributed by atoms with E-state index < -0.39 is 17.9 Å². The predicted octanol–water partition coefficient (Wildman–Crippen LogP) is 5.50. The maximum atomic E-state index is 13.4. The first-order valence-corrected chi connectivity index (χ1v) is 11.1. The van der Waals surface area contributed by atoms with E-state index in [1.54, 1.807) is 6.08 Å². The molecular formula is C29H27NO4. The predicted molar refractivity (Wildman–Crippen MR) is 134 cm³/mol. The van der Waals surface area contributed by atoms with E-state index in [9.17, 15) is 9.59 Å². The van der Waals surface area contributed by atoms with E-state index in [0.29, 0.717) is 22.5 Å². The minimum absolute atomic E-state index is 0.114. The van der Waals surface area contributed by atoms with Gasteiger partial charge < -0.3 is 14.8 Å². The minimum atomic E-state index is -0.620. The zero-order valence-electron chi connectivity index (χ0n) is 19.5. The van der Waals surface area contributed by atoms with E-state index in [0.717, 1.165) is 21.9 Å². The lowest BCUT2D eigenvalue weighted by Crippen LogP contribution is -2.32. The van der Waals surface area contributed by atoms with E-state index in [2.05, 4.69) is 5.32 Å². The number of benzene rings is 3. The molecule has 5 nitrogen and oxygen atoms in total. The van der Waals surface area contributed by atoms with Crippen molar-refractivity contribution < 1.29 is 19.1 Å². The van der Waals surface area contributed by atoms with Crippen molar-refractivity contribution in [1.29, 1.82) is 0 Å². The van der Waals surface area contributed by atoms with Gasteiger partial charge in [0.25, 0.3) is 0 Å². The van der Waals surface area contributed by atoms with Crippen LogP contribution in [0, 0.1) is 0 Å². The number of esters is 2. The molecule has 1 aliphatic heterocycles. The Bertz CT molecular complexity index is 1310. The molecule has 1 aliphatic rings. The van der Waals surface area contributed by atoms with Crippen molar-refractivity contribution in [2.24, 2.45) is 0 Å². The fraction of sp³-hybridized carbons (Fsp3) is 0.172. The number of methoxy groups -OCH3 is 1. The molecule has 3 aromatic carbocycles. The topological polar surface area (TPSA) is 64.6 Å². The molecule has 0 amide bonds. The third kappa shape index (κ3) is 4.64. The van der Waals surface area contributed by atoms with Crippen LogP contribution in [-0.2, 0) is 19.1 Å². The van der Waals surface area contributed by atoms with Crippen LogP contribution < -0.4 is 5.32 Å². The number of allylic oxidation sites excluding steroid dienone is 2. The van der Waals surface area contributed by atoms with Crippen LogP contribution in [0.15, 0.2) is 101 Å². The highest BCUT2D eigenvalue weighted by Crippen LogP contribution is 2.41. The van der Waals surface area contributed by atoms with Gasteiger partial charge in [-0.2, -0.15) is 0 Å². The van der Waals surface area contributed by atoms with Gasteiger partial charge in [0.2, 0.25) is 0 Å². The Balaban J connectivity index is 1.72. The number of hydrogen-bond acceptors (Lipinski definition) is 5. The average molecular weight is 454 g/mol. The number of ether oxygens (including phenoxy) is 2. The summed E-state index contributed by atoms with van der Waals surface area (Å²) in [7, 11) is 1.35. The highest BCUT2D eigenvalue weighted by atomic mass is 16.5. The van der Waals surface area contributed by atoms with Crippen LogP contribution in [0.3, 0.4) is 0 Å². The van der Waals surface area contributed by atoms with Crippen molar-refractivity contribution in [1.82, 2.24) is 5.32 Å². The Labute approximate surface area is 199 Å². The van der Waals surface area contributed by atoms with Gasteiger partial charge >= 0.3 is 11.9 Å². The van der Waals surface area contributed by atoms with Gasteiger partial charge in [-0.15, -0.1) is 0 Å². The van der Waals surface area contributed by atoms with Crippen molar-refractivity contribution >= 4 is 28.8 Å². The van der Waals surface area contributed by atoms with Gasteiger partial charge in [0.1, 0.15) is 6.61 Å². The summed E-state index contributed by atoms with van der Waals surface area (Å²) in [5.41, 5.74) is 3.98. The van der Waals surface area contributed by atoms with Gasteiger partial charge in [0, 0.05) is 11.4 Å². The molecule has 4 rings (SSSR count). The summed E-state index contributed by atoms with van der Waals surface area (Å²) in [6.45, 7) is 3.76. The monoisotopic (exact) mass is 453 g/mol. The van der Waals surface area contributed by atoms with Crippen LogP contribution in [0.2, 0.25) is 0 Å². The summed E-state index contributed by atoms with van der Waals surface area (Å²) >= 11 is 0. The maximum Gasteiger partial charge on any atom is 0.337 e. The zero-order chi connectivity index (χ0) is 24.1. The largest absolute Gasteiger partial charge is 0.466 e. The van der Waals surface area contributed by atoms with Gasteiger partial charge in [0.15, 0.2) is 0 Å². The molecule has 0 spiro atoms. The molecular weight excluding hydrogens is 426 g/mol. The highest BCUT2D eigenvalue weighted by molar-refractivity contribution is 6.02. The van der Waals surface area contributed by atoms with E-state index in [-0.39, 0.29) is 6.61 Å². The molecule has 1 heterocycles. The van der Waals surface area contributed by atoms with E-state index in [4.69, 9.17) is 9.47 Å². The lowest BCUT2D eigenvalue weighted by molar-refractivity contribution is -0.138. The molecule has 0 bridgehead atoms. The molecule has 3 aromatic rings. The summed E-state index contributed by atoms with van der Waals surface area (Å²) in [5.74, 6) is -1.58. The Morgan fingerprint density at radius 2 is 1.50 bits per heavy atom. The number of fused-ring (bicyclic) bond motifs is 1. The molecule has 0 saturated carbocycles. The van der Waals surface area contributed by atoms with Crippen LogP contribution in [0.5, 0.6) is 0 Å². The number of rotatable bonds is 6. The van der Waals surface area contributed by atoms with E-state index >= 15 is 0 Å². The van der Waals surface area contributed by atoms with Crippen molar-refractivity contribution in [3.05, 3.63) is 113 Å². The van der Waals surface area contributed by atoms with Crippen LogP contribution in [0.1, 0.15) is 30.9 Å². The number of carbonyl (C=O) groups excluding carboxylic acids is 2. The Morgan fingerprint density at radius 3 is 2.24 bits per heavy atom. The molecule has 0 fully saturated rings. The molecule has 1 atom stereocenters. The molecule has 0 saturated heterocycles. The van der Waals surface area contributed by atoms with Crippen LogP contribution in [-0.4, -0.2) is 25.7 Å². The minimum Gasteiger partial charge on any atom is -0.466 e.